The number of phosphoric ester groups is 2. The second kappa shape index (κ2) is 23.6. The summed E-state index contributed by atoms with van der Waals surface area (Å²) in [5.41, 5.74) is 0. The molecule has 258 valence electrons. The maximum Gasteiger partial charge on any atom is 0.647 e. The topological polar surface area (TPSA) is 89.5 Å². The van der Waals surface area contributed by atoms with Crippen LogP contribution in [0.1, 0.15) is 55.4 Å². The van der Waals surface area contributed by atoms with Gasteiger partial charge in [0.2, 0.25) is 0 Å². The van der Waals surface area contributed by atoms with Crippen molar-refractivity contribution in [2.24, 2.45) is 0 Å². The maximum absolute atomic E-state index is 13.8. The van der Waals surface area contributed by atoms with Crippen molar-refractivity contribution in [3.05, 3.63) is 146 Å². The number of rotatable bonds is 12. The van der Waals surface area contributed by atoms with Crippen LogP contribution in [-0.2, 0) is 9.13 Å². The summed E-state index contributed by atoms with van der Waals surface area (Å²) in [6.07, 6.45) is 0. The van der Waals surface area contributed by atoms with Crippen LogP contribution in [0, 0.1) is 0 Å². The predicted molar refractivity (Wildman–Crippen MR) is 197 cm³/mol. The Morgan fingerprint density at radius 1 is 0.292 bits per heavy atom. The van der Waals surface area contributed by atoms with E-state index in [-0.39, 0.29) is 34.5 Å². The molecule has 8 nitrogen and oxygen atoms in total. The quantitative estimate of drug-likeness (QED) is 0.119. The van der Waals surface area contributed by atoms with Crippen LogP contribution in [0.5, 0.6) is 34.5 Å². The van der Waals surface area contributed by atoms with E-state index in [4.69, 9.17) is 27.1 Å². The Labute approximate surface area is 286 Å². The van der Waals surface area contributed by atoms with Crippen LogP contribution < -0.4 is 27.1 Å². The lowest BCUT2D eigenvalue weighted by atomic mass is 10.3. The molecule has 5 rings (SSSR count). The zero-order chi connectivity index (χ0) is 35.7. The van der Waals surface area contributed by atoms with Crippen molar-refractivity contribution in [3.8, 4) is 34.5 Å². The molecule has 0 amide bonds. The van der Waals surface area contributed by atoms with Crippen molar-refractivity contribution in [1.82, 2.24) is 0 Å². The molecular formula is C38H48O8P2. The van der Waals surface area contributed by atoms with Gasteiger partial charge in [0.1, 0.15) is 34.5 Å². The molecule has 0 aliphatic heterocycles. The number of hydrogen-bond acceptors (Lipinski definition) is 8. The van der Waals surface area contributed by atoms with Gasteiger partial charge in [0.05, 0.1) is 0 Å². The van der Waals surface area contributed by atoms with Crippen LogP contribution in [0.3, 0.4) is 0 Å². The molecule has 5 aromatic rings. The van der Waals surface area contributed by atoms with Gasteiger partial charge in [-0.3, -0.25) is 0 Å². The molecule has 0 unspecified atom stereocenters. The third-order valence-corrected chi connectivity index (χ3v) is 7.69. The van der Waals surface area contributed by atoms with Gasteiger partial charge in [0.15, 0.2) is 0 Å². The van der Waals surface area contributed by atoms with Gasteiger partial charge in [0.25, 0.3) is 0 Å². The molecule has 0 bridgehead atoms. The molecule has 0 N–H and O–H groups in total. The zero-order valence-electron chi connectivity index (χ0n) is 29.0. The SMILES string of the molecule is CC.CC.CC.CC.O=P(Oc1ccccc1)(Oc1ccccc1)Oc1cccc(OP(=O)(Oc2ccccc2)Oc2ccccc2)c1. The van der Waals surface area contributed by atoms with Crippen molar-refractivity contribution < 1.29 is 36.3 Å². The Hall–Kier alpha value is -4.64. The highest BCUT2D eigenvalue weighted by atomic mass is 31.2. The molecule has 0 atom stereocenters. The highest BCUT2D eigenvalue weighted by molar-refractivity contribution is 7.50. The maximum atomic E-state index is 13.8. The van der Waals surface area contributed by atoms with Crippen LogP contribution in [0.4, 0.5) is 0 Å². The molecule has 0 aliphatic carbocycles. The van der Waals surface area contributed by atoms with Gasteiger partial charge in [-0.25, -0.2) is 0 Å². The minimum absolute atomic E-state index is 0.0682. The van der Waals surface area contributed by atoms with E-state index in [1.807, 2.05) is 55.4 Å². The molecule has 0 fully saturated rings. The lowest BCUT2D eigenvalue weighted by molar-refractivity contribution is 0.295. The number of benzene rings is 5. The van der Waals surface area contributed by atoms with Crippen LogP contribution in [0.2, 0.25) is 0 Å². The van der Waals surface area contributed by atoms with Crippen molar-refractivity contribution in [2.45, 2.75) is 55.4 Å². The minimum atomic E-state index is -4.25. The minimum Gasteiger partial charge on any atom is -0.386 e. The van der Waals surface area contributed by atoms with E-state index in [9.17, 15) is 9.13 Å². The van der Waals surface area contributed by atoms with E-state index in [1.165, 1.54) is 18.2 Å². The molecule has 48 heavy (non-hydrogen) atoms. The van der Waals surface area contributed by atoms with Crippen LogP contribution in [-0.4, -0.2) is 0 Å². The van der Waals surface area contributed by atoms with Gasteiger partial charge in [-0.15, -0.1) is 0 Å². The van der Waals surface area contributed by atoms with Gasteiger partial charge < -0.3 is 27.1 Å². The van der Waals surface area contributed by atoms with Crippen molar-refractivity contribution in [3.63, 3.8) is 0 Å². The lowest BCUT2D eigenvalue weighted by Gasteiger charge is -2.21. The number of phosphoric acid groups is 2. The monoisotopic (exact) mass is 694 g/mol. The second-order valence-corrected chi connectivity index (χ2v) is 11.1. The first-order valence-corrected chi connectivity index (χ1v) is 19.1. The van der Waals surface area contributed by atoms with E-state index < -0.39 is 15.6 Å². The van der Waals surface area contributed by atoms with E-state index in [0.29, 0.717) is 0 Å². The first-order valence-electron chi connectivity index (χ1n) is 16.1. The number of para-hydroxylation sites is 4. The van der Waals surface area contributed by atoms with Crippen molar-refractivity contribution in [1.29, 1.82) is 0 Å². The summed E-state index contributed by atoms with van der Waals surface area (Å²) >= 11 is 0. The first kappa shape index (κ1) is 41.4. The van der Waals surface area contributed by atoms with Gasteiger partial charge in [-0.05, 0) is 60.7 Å². The first-order chi connectivity index (χ1) is 23.5. The average molecular weight is 695 g/mol. The number of hydrogen-bond donors (Lipinski definition) is 0. The molecule has 0 heterocycles. The molecule has 5 aromatic carbocycles. The third-order valence-electron chi connectivity index (χ3n) is 5.08. The fourth-order valence-electron chi connectivity index (χ4n) is 3.40. The summed E-state index contributed by atoms with van der Waals surface area (Å²) in [6.45, 7) is 16.0. The molecule has 0 radical (unpaired) electrons. The van der Waals surface area contributed by atoms with Gasteiger partial charge in [-0.2, -0.15) is 9.13 Å². The summed E-state index contributed by atoms with van der Waals surface area (Å²) in [4.78, 5) is 0. The van der Waals surface area contributed by atoms with E-state index in [0.717, 1.165) is 0 Å². The Morgan fingerprint density at radius 2 is 0.479 bits per heavy atom. The smallest absolute Gasteiger partial charge is 0.386 e. The average Bonchev–Trinajstić information content (AvgIpc) is 3.13. The van der Waals surface area contributed by atoms with Crippen molar-refractivity contribution >= 4 is 15.6 Å². The summed E-state index contributed by atoms with van der Waals surface area (Å²) in [5.74, 6) is 1.27. The lowest BCUT2D eigenvalue weighted by Crippen LogP contribution is -2.09. The van der Waals surface area contributed by atoms with E-state index >= 15 is 0 Å². The summed E-state index contributed by atoms with van der Waals surface area (Å²) in [5, 5.41) is 0. The Balaban J connectivity index is 0.00000134. The summed E-state index contributed by atoms with van der Waals surface area (Å²) in [7, 11) is -8.51. The molecule has 0 aromatic heterocycles. The normalized spacial score (nSPS) is 9.83. The third kappa shape index (κ3) is 14.8. The predicted octanol–water partition coefficient (Wildman–Crippen LogP) is 13.1. The Bertz CT molecular complexity index is 1390. The zero-order valence-corrected chi connectivity index (χ0v) is 30.8. The van der Waals surface area contributed by atoms with Crippen LogP contribution >= 0.6 is 15.6 Å². The van der Waals surface area contributed by atoms with Crippen LogP contribution in [0.25, 0.3) is 0 Å². The molecule has 0 saturated carbocycles. The summed E-state index contributed by atoms with van der Waals surface area (Å²) < 4.78 is 61.8. The summed E-state index contributed by atoms with van der Waals surface area (Å²) in [6, 6.07) is 40.0. The van der Waals surface area contributed by atoms with Gasteiger partial charge in [-0.1, -0.05) is 134 Å². The molecular weight excluding hydrogens is 646 g/mol. The van der Waals surface area contributed by atoms with Crippen LogP contribution in [0.15, 0.2) is 146 Å². The molecule has 10 heteroatoms. The molecule has 0 saturated heterocycles. The van der Waals surface area contributed by atoms with Gasteiger partial charge in [0, 0.05) is 6.07 Å². The standard InChI is InChI=1S/C30H24O8P2.4C2H6/c31-39(33-25-14-5-1-6-15-25,34-26-16-7-2-8-17-26)37-29-22-13-23-30(24-29)38-40(32,35-27-18-9-3-10-19-27)36-28-20-11-4-12-21-28;4*1-2/h1-24H;4*1-2H3. The highest BCUT2D eigenvalue weighted by Gasteiger charge is 2.35. The fourth-order valence-corrected chi connectivity index (χ4v) is 5.89. The largest absolute Gasteiger partial charge is 0.647 e. The molecule has 0 aliphatic rings. The Morgan fingerprint density at radius 3 is 0.708 bits per heavy atom. The van der Waals surface area contributed by atoms with E-state index in [1.54, 1.807) is 127 Å². The highest BCUT2D eigenvalue weighted by Crippen LogP contribution is 2.52. The molecule has 0 spiro atoms. The second-order valence-electron chi connectivity index (χ2n) is 8.17. The van der Waals surface area contributed by atoms with Crippen molar-refractivity contribution in [2.75, 3.05) is 0 Å². The van der Waals surface area contributed by atoms with E-state index in [2.05, 4.69) is 0 Å². The fraction of sp³-hybridized carbons (Fsp3) is 0.211. The van der Waals surface area contributed by atoms with Gasteiger partial charge >= 0.3 is 15.6 Å². The Kier molecular flexibility index (Phi) is 20.4.